The Morgan fingerprint density at radius 2 is 2.31 bits per heavy atom. The van der Waals surface area contributed by atoms with E-state index in [1.165, 1.54) is 45.4 Å². The van der Waals surface area contributed by atoms with Crippen molar-refractivity contribution in [1.29, 1.82) is 0 Å². The van der Waals surface area contributed by atoms with Gasteiger partial charge in [-0.05, 0) is 51.1 Å². The van der Waals surface area contributed by atoms with E-state index in [2.05, 4.69) is 17.1 Å². The predicted molar refractivity (Wildman–Crippen MR) is 64.5 cm³/mol. The van der Waals surface area contributed by atoms with E-state index >= 15 is 0 Å². The van der Waals surface area contributed by atoms with E-state index < -0.39 is 0 Å². The molecule has 0 radical (unpaired) electrons. The molecule has 3 aliphatic heterocycles. The third-order valence-electron chi connectivity index (χ3n) is 4.82. The highest BCUT2D eigenvalue weighted by molar-refractivity contribution is 4.96. The quantitative estimate of drug-likeness (QED) is 0.777. The molecule has 0 amide bonds. The summed E-state index contributed by atoms with van der Waals surface area (Å²) in [6, 6.07) is 0.779. The first-order chi connectivity index (χ1) is 7.84. The molecule has 3 aliphatic rings. The summed E-state index contributed by atoms with van der Waals surface area (Å²) in [6.45, 7) is 8.45. The van der Waals surface area contributed by atoms with Crippen LogP contribution in [0.5, 0.6) is 0 Å². The smallest absolute Gasteiger partial charge is 0.0588 e. The van der Waals surface area contributed by atoms with Crippen LogP contribution in [0.25, 0.3) is 0 Å². The van der Waals surface area contributed by atoms with Gasteiger partial charge in [-0.15, -0.1) is 0 Å². The molecule has 0 bridgehead atoms. The van der Waals surface area contributed by atoms with E-state index in [4.69, 9.17) is 4.74 Å². The monoisotopic (exact) mass is 224 g/mol. The van der Waals surface area contributed by atoms with Gasteiger partial charge in [0.2, 0.25) is 0 Å². The molecule has 0 aromatic rings. The minimum Gasteiger partial charge on any atom is -0.378 e. The molecule has 4 atom stereocenters. The Kier molecular flexibility index (Phi) is 3.18. The second-order valence-electron chi connectivity index (χ2n) is 5.74. The van der Waals surface area contributed by atoms with Crippen LogP contribution in [0.2, 0.25) is 0 Å². The molecule has 0 aromatic carbocycles. The first kappa shape index (κ1) is 11.0. The van der Waals surface area contributed by atoms with Gasteiger partial charge in [-0.3, -0.25) is 4.90 Å². The Hall–Kier alpha value is -0.120. The summed E-state index contributed by atoms with van der Waals surface area (Å²) in [4.78, 5) is 2.69. The van der Waals surface area contributed by atoms with Crippen molar-refractivity contribution in [2.45, 2.75) is 38.3 Å². The lowest BCUT2D eigenvalue weighted by atomic mass is 9.95. The maximum absolute atomic E-state index is 5.70. The lowest BCUT2D eigenvalue weighted by Crippen LogP contribution is -2.35. The van der Waals surface area contributed by atoms with Crippen LogP contribution in [0.1, 0.15) is 26.2 Å². The van der Waals surface area contributed by atoms with Crippen molar-refractivity contribution >= 4 is 0 Å². The molecule has 16 heavy (non-hydrogen) atoms. The van der Waals surface area contributed by atoms with E-state index in [-0.39, 0.29) is 0 Å². The zero-order valence-electron chi connectivity index (χ0n) is 10.3. The molecule has 3 heterocycles. The summed E-state index contributed by atoms with van der Waals surface area (Å²) in [7, 11) is 0. The standard InChI is InChI=1S/C13H24N2O/c1-10-13-8-14-7-11(13)9-15(10)5-4-12-3-2-6-16-12/h10-14H,2-9H2,1H3. The van der Waals surface area contributed by atoms with Gasteiger partial charge in [0.05, 0.1) is 6.10 Å². The maximum atomic E-state index is 5.70. The fraction of sp³-hybridized carbons (Fsp3) is 1.00. The molecule has 0 spiro atoms. The number of fused-ring (bicyclic) bond motifs is 1. The van der Waals surface area contributed by atoms with Crippen molar-refractivity contribution in [2.24, 2.45) is 11.8 Å². The zero-order chi connectivity index (χ0) is 11.0. The van der Waals surface area contributed by atoms with E-state index in [1.807, 2.05) is 0 Å². The van der Waals surface area contributed by atoms with Gasteiger partial charge < -0.3 is 10.1 Å². The highest BCUT2D eigenvalue weighted by Crippen LogP contribution is 2.32. The normalized spacial score (nSPS) is 44.1. The zero-order valence-corrected chi connectivity index (χ0v) is 10.3. The largest absolute Gasteiger partial charge is 0.378 e. The van der Waals surface area contributed by atoms with Crippen molar-refractivity contribution in [3.8, 4) is 0 Å². The molecule has 3 rings (SSSR count). The van der Waals surface area contributed by atoms with Crippen molar-refractivity contribution in [1.82, 2.24) is 10.2 Å². The van der Waals surface area contributed by atoms with Crippen LogP contribution in [-0.2, 0) is 4.74 Å². The Bertz CT molecular complexity index is 240. The third kappa shape index (κ3) is 2.01. The van der Waals surface area contributed by atoms with Gasteiger partial charge in [0, 0.05) is 25.7 Å². The molecular formula is C13H24N2O. The number of nitrogens with zero attached hydrogens (tertiary/aromatic N) is 1. The van der Waals surface area contributed by atoms with Crippen LogP contribution in [-0.4, -0.2) is 49.8 Å². The molecule has 92 valence electrons. The van der Waals surface area contributed by atoms with Crippen molar-refractivity contribution < 1.29 is 4.74 Å². The van der Waals surface area contributed by atoms with Gasteiger partial charge in [0.25, 0.3) is 0 Å². The SMILES string of the molecule is CC1C2CNCC2CN1CCC1CCCO1. The van der Waals surface area contributed by atoms with Crippen LogP contribution >= 0.6 is 0 Å². The summed E-state index contributed by atoms with van der Waals surface area (Å²) >= 11 is 0. The maximum Gasteiger partial charge on any atom is 0.0588 e. The minimum atomic E-state index is 0.561. The van der Waals surface area contributed by atoms with Gasteiger partial charge in [0.15, 0.2) is 0 Å². The van der Waals surface area contributed by atoms with E-state index in [0.717, 1.165) is 24.5 Å². The molecule has 1 N–H and O–H groups in total. The highest BCUT2D eigenvalue weighted by Gasteiger charge is 2.41. The lowest BCUT2D eigenvalue weighted by molar-refractivity contribution is 0.0894. The van der Waals surface area contributed by atoms with E-state index in [0.29, 0.717) is 6.10 Å². The average molecular weight is 224 g/mol. The Balaban J connectivity index is 1.48. The summed E-state index contributed by atoms with van der Waals surface area (Å²) < 4.78 is 5.70. The van der Waals surface area contributed by atoms with Gasteiger partial charge in [-0.2, -0.15) is 0 Å². The number of hydrogen-bond donors (Lipinski definition) is 1. The second kappa shape index (κ2) is 4.63. The summed E-state index contributed by atoms with van der Waals surface area (Å²) in [6.07, 6.45) is 4.37. The van der Waals surface area contributed by atoms with Crippen molar-refractivity contribution in [3.63, 3.8) is 0 Å². The van der Waals surface area contributed by atoms with Gasteiger partial charge in [-0.1, -0.05) is 0 Å². The third-order valence-corrected chi connectivity index (χ3v) is 4.82. The van der Waals surface area contributed by atoms with Crippen LogP contribution in [0.3, 0.4) is 0 Å². The van der Waals surface area contributed by atoms with Crippen LogP contribution in [0.4, 0.5) is 0 Å². The predicted octanol–water partition coefficient (Wildman–Crippen LogP) is 1.10. The summed E-state index contributed by atoms with van der Waals surface area (Å²) in [5, 5.41) is 3.52. The number of hydrogen-bond acceptors (Lipinski definition) is 3. The minimum absolute atomic E-state index is 0.561. The fourth-order valence-corrected chi connectivity index (χ4v) is 3.73. The van der Waals surface area contributed by atoms with Gasteiger partial charge in [0.1, 0.15) is 0 Å². The topological polar surface area (TPSA) is 24.5 Å². The van der Waals surface area contributed by atoms with E-state index in [9.17, 15) is 0 Å². The molecule has 3 heteroatoms. The molecule has 0 saturated carbocycles. The highest BCUT2D eigenvalue weighted by atomic mass is 16.5. The molecule has 3 saturated heterocycles. The van der Waals surface area contributed by atoms with Gasteiger partial charge in [-0.25, -0.2) is 0 Å². The Morgan fingerprint density at radius 3 is 3.06 bits per heavy atom. The molecular weight excluding hydrogens is 200 g/mol. The molecule has 0 aromatic heterocycles. The average Bonchev–Trinajstić information content (AvgIpc) is 2.96. The van der Waals surface area contributed by atoms with Crippen molar-refractivity contribution in [2.75, 3.05) is 32.8 Å². The van der Waals surface area contributed by atoms with Crippen molar-refractivity contribution in [3.05, 3.63) is 0 Å². The van der Waals surface area contributed by atoms with Crippen LogP contribution in [0, 0.1) is 11.8 Å². The Labute approximate surface area is 98.5 Å². The molecule has 3 fully saturated rings. The first-order valence-corrected chi connectivity index (χ1v) is 6.91. The number of rotatable bonds is 3. The molecule has 4 unspecified atom stereocenters. The number of ether oxygens (including phenoxy) is 1. The van der Waals surface area contributed by atoms with Gasteiger partial charge >= 0.3 is 0 Å². The Morgan fingerprint density at radius 1 is 1.38 bits per heavy atom. The summed E-state index contributed by atoms with van der Waals surface area (Å²) in [5.74, 6) is 1.82. The van der Waals surface area contributed by atoms with E-state index in [1.54, 1.807) is 0 Å². The number of nitrogens with one attached hydrogen (secondary N) is 1. The first-order valence-electron chi connectivity index (χ1n) is 6.91. The number of likely N-dealkylation sites (tertiary alicyclic amines) is 1. The van der Waals surface area contributed by atoms with Crippen LogP contribution in [0.15, 0.2) is 0 Å². The second-order valence-corrected chi connectivity index (χ2v) is 5.74. The fourth-order valence-electron chi connectivity index (χ4n) is 3.73. The molecule has 3 nitrogen and oxygen atoms in total. The summed E-state index contributed by atoms with van der Waals surface area (Å²) in [5.41, 5.74) is 0. The van der Waals surface area contributed by atoms with Crippen LogP contribution < -0.4 is 5.32 Å². The molecule has 0 aliphatic carbocycles. The lowest BCUT2D eigenvalue weighted by Gasteiger charge is -2.25.